The second-order valence-electron chi connectivity index (χ2n) is 4.67. The highest BCUT2D eigenvalue weighted by atomic mass is 16.5. The molecule has 2 nitrogen and oxygen atoms in total. The van der Waals surface area contributed by atoms with E-state index in [-0.39, 0.29) is 0 Å². The first-order valence-corrected chi connectivity index (χ1v) is 5.79. The van der Waals surface area contributed by atoms with E-state index >= 15 is 0 Å². The van der Waals surface area contributed by atoms with Crippen LogP contribution in [0.4, 0.5) is 0 Å². The summed E-state index contributed by atoms with van der Waals surface area (Å²) in [5.41, 5.74) is 4.57. The lowest BCUT2D eigenvalue weighted by molar-refractivity contribution is 0.120. The van der Waals surface area contributed by atoms with Crippen LogP contribution in [0, 0.1) is 0 Å². The molecule has 0 saturated heterocycles. The van der Waals surface area contributed by atoms with Crippen molar-refractivity contribution in [2.45, 2.75) is 32.2 Å². The van der Waals surface area contributed by atoms with E-state index in [0.717, 1.165) is 19.0 Å². The summed E-state index contributed by atoms with van der Waals surface area (Å²) in [6.07, 6.45) is 5.19. The second-order valence-corrected chi connectivity index (χ2v) is 4.67. The van der Waals surface area contributed by atoms with E-state index in [1.165, 1.54) is 31.2 Å². The van der Waals surface area contributed by atoms with Crippen LogP contribution in [0.2, 0.25) is 0 Å². The van der Waals surface area contributed by atoms with Crippen LogP contribution in [0.25, 0.3) is 0 Å². The molecule has 1 aliphatic carbocycles. The van der Waals surface area contributed by atoms with Gasteiger partial charge in [0.2, 0.25) is 0 Å². The van der Waals surface area contributed by atoms with Gasteiger partial charge in [0.25, 0.3) is 0 Å². The molecule has 0 N–H and O–H groups in total. The topological polar surface area (TPSA) is 12.5 Å². The molecule has 0 radical (unpaired) electrons. The Morgan fingerprint density at radius 1 is 1.13 bits per heavy atom. The fourth-order valence-corrected chi connectivity index (χ4v) is 2.69. The number of rotatable bonds is 0. The second kappa shape index (κ2) is 3.53. The Kier molecular flexibility index (Phi) is 2.17. The number of ether oxygens (including phenoxy) is 1. The van der Waals surface area contributed by atoms with Gasteiger partial charge in [0.1, 0.15) is 12.5 Å². The number of hydrogen-bond donors (Lipinski definition) is 0. The van der Waals surface area contributed by atoms with E-state index in [9.17, 15) is 0 Å². The van der Waals surface area contributed by atoms with Crippen molar-refractivity contribution in [1.82, 2.24) is 4.90 Å². The Morgan fingerprint density at radius 3 is 2.93 bits per heavy atom. The van der Waals surface area contributed by atoms with Gasteiger partial charge >= 0.3 is 0 Å². The van der Waals surface area contributed by atoms with E-state index in [4.69, 9.17) is 4.74 Å². The van der Waals surface area contributed by atoms with Gasteiger partial charge in [-0.3, -0.25) is 4.90 Å². The van der Waals surface area contributed by atoms with Crippen LogP contribution >= 0.6 is 0 Å². The van der Waals surface area contributed by atoms with Crippen molar-refractivity contribution in [3.8, 4) is 5.75 Å². The minimum atomic E-state index is 0.728. The molecular formula is C13H17NO. The number of benzene rings is 1. The fraction of sp³-hybridized carbons (Fsp3) is 0.538. The molecule has 1 aromatic rings. The SMILES string of the molecule is CN1COc2ccc3c(c2C1)CCCC3. The minimum absolute atomic E-state index is 0.728. The van der Waals surface area contributed by atoms with Crippen molar-refractivity contribution in [2.75, 3.05) is 13.8 Å². The van der Waals surface area contributed by atoms with Gasteiger partial charge in [0.15, 0.2) is 0 Å². The standard InChI is InChI=1S/C13H17NO/c1-14-8-12-11-5-3-2-4-10(11)6-7-13(12)15-9-14/h6-7H,2-5,8-9H2,1H3. The summed E-state index contributed by atoms with van der Waals surface area (Å²) in [5, 5.41) is 0. The van der Waals surface area contributed by atoms with Gasteiger partial charge in [0.05, 0.1) is 0 Å². The zero-order valence-electron chi connectivity index (χ0n) is 9.25. The maximum absolute atomic E-state index is 5.73. The highest BCUT2D eigenvalue weighted by Gasteiger charge is 2.21. The van der Waals surface area contributed by atoms with Gasteiger partial charge in [-0.2, -0.15) is 0 Å². The molecule has 2 aliphatic rings. The third kappa shape index (κ3) is 1.53. The zero-order chi connectivity index (χ0) is 10.3. The van der Waals surface area contributed by atoms with Crippen molar-refractivity contribution in [1.29, 1.82) is 0 Å². The first kappa shape index (κ1) is 9.22. The fourth-order valence-electron chi connectivity index (χ4n) is 2.69. The highest BCUT2D eigenvalue weighted by Crippen LogP contribution is 2.33. The third-order valence-electron chi connectivity index (χ3n) is 3.48. The largest absolute Gasteiger partial charge is 0.478 e. The van der Waals surface area contributed by atoms with Crippen LogP contribution in [0.15, 0.2) is 12.1 Å². The van der Waals surface area contributed by atoms with E-state index < -0.39 is 0 Å². The highest BCUT2D eigenvalue weighted by molar-refractivity contribution is 5.47. The summed E-state index contributed by atoms with van der Waals surface area (Å²) in [4.78, 5) is 2.23. The summed E-state index contributed by atoms with van der Waals surface area (Å²) in [6, 6.07) is 4.42. The summed E-state index contributed by atoms with van der Waals surface area (Å²) < 4.78 is 5.73. The Balaban J connectivity index is 2.08. The molecule has 80 valence electrons. The molecule has 1 aliphatic heterocycles. The zero-order valence-corrected chi connectivity index (χ0v) is 9.25. The summed E-state index contributed by atoms with van der Waals surface area (Å²) in [6.45, 7) is 1.78. The Hall–Kier alpha value is -1.02. The molecule has 0 amide bonds. The molecule has 1 heterocycles. The molecule has 0 fully saturated rings. The first-order valence-electron chi connectivity index (χ1n) is 5.79. The van der Waals surface area contributed by atoms with Crippen LogP contribution in [-0.4, -0.2) is 18.7 Å². The molecule has 0 atom stereocenters. The quantitative estimate of drug-likeness (QED) is 0.641. The number of nitrogens with zero attached hydrogens (tertiary/aromatic N) is 1. The third-order valence-corrected chi connectivity index (χ3v) is 3.48. The molecule has 0 spiro atoms. The Bertz CT molecular complexity index is 386. The van der Waals surface area contributed by atoms with Gasteiger partial charge in [0, 0.05) is 12.1 Å². The predicted molar refractivity (Wildman–Crippen MR) is 60.0 cm³/mol. The van der Waals surface area contributed by atoms with Crippen LogP contribution in [0.1, 0.15) is 29.5 Å². The van der Waals surface area contributed by atoms with Crippen molar-refractivity contribution in [2.24, 2.45) is 0 Å². The van der Waals surface area contributed by atoms with Gasteiger partial charge in [-0.15, -0.1) is 0 Å². The van der Waals surface area contributed by atoms with Crippen LogP contribution in [-0.2, 0) is 19.4 Å². The molecule has 3 rings (SSSR count). The monoisotopic (exact) mass is 203 g/mol. The molecular weight excluding hydrogens is 186 g/mol. The van der Waals surface area contributed by atoms with Gasteiger partial charge in [-0.1, -0.05) is 6.07 Å². The van der Waals surface area contributed by atoms with Crippen LogP contribution < -0.4 is 4.74 Å². The predicted octanol–water partition coefficient (Wildman–Crippen LogP) is 2.35. The maximum Gasteiger partial charge on any atom is 0.142 e. The number of hydrogen-bond acceptors (Lipinski definition) is 2. The number of fused-ring (bicyclic) bond motifs is 3. The van der Waals surface area contributed by atoms with Gasteiger partial charge in [-0.05, 0) is 49.9 Å². The lowest BCUT2D eigenvalue weighted by Crippen LogP contribution is -2.29. The minimum Gasteiger partial charge on any atom is -0.478 e. The van der Waals surface area contributed by atoms with E-state index in [0.29, 0.717) is 0 Å². The molecule has 0 bridgehead atoms. The Labute approximate surface area is 90.8 Å². The van der Waals surface area contributed by atoms with Crippen molar-refractivity contribution in [3.05, 3.63) is 28.8 Å². The van der Waals surface area contributed by atoms with Crippen molar-refractivity contribution in [3.63, 3.8) is 0 Å². The molecule has 0 saturated carbocycles. The maximum atomic E-state index is 5.73. The van der Waals surface area contributed by atoms with E-state index in [2.05, 4.69) is 24.1 Å². The lowest BCUT2D eigenvalue weighted by atomic mass is 9.87. The molecule has 1 aromatic carbocycles. The van der Waals surface area contributed by atoms with Crippen LogP contribution in [0.3, 0.4) is 0 Å². The lowest BCUT2D eigenvalue weighted by Gasteiger charge is -2.30. The average molecular weight is 203 g/mol. The molecule has 2 heteroatoms. The smallest absolute Gasteiger partial charge is 0.142 e. The van der Waals surface area contributed by atoms with Crippen molar-refractivity contribution < 1.29 is 4.74 Å². The molecule has 0 unspecified atom stereocenters. The number of aryl methyl sites for hydroxylation is 1. The summed E-state index contributed by atoms with van der Waals surface area (Å²) in [7, 11) is 2.12. The van der Waals surface area contributed by atoms with Crippen LogP contribution in [0.5, 0.6) is 5.75 Å². The normalized spacial score (nSPS) is 20.3. The molecule has 0 aromatic heterocycles. The molecule has 15 heavy (non-hydrogen) atoms. The summed E-state index contributed by atoms with van der Waals surface area (Å²) >= 11 is 0. The van der Waals surface area contributed by atoms with Gasteiger partial charge < -0.3 is 4.74 Å². The summed E-state index contributed by atoms with van der Waals surface area (Å²) in [5.74, 6) is 1.12. The van der Waals surface area contributed by atoms with E-state index in [1.54, 1.807) is 11.1 Å². The Morgan fingerprint density at radius 2 is 2.00 bits per heavy atom. The van der Waals surface area contributed by atoms with Gasteiger partial charge in [-0.25, -0.2) is 0 Å². The van der Waals surface area contributed by atoms with E-state index in [1.807, 2.05) is 0 Å². The average Bonchev–Trinajstić information content (AvgIpc) is 2.29. The van der Waals surface area contributed by atoms with Crippen molar-refractivity contribution >= 4 is 0 Å². The first-order chi connectivity index (χ1) is 7.34.